The van der Waals surface area contributed by atoms with Gasteiger partial charge >= 0.3 is 0 Å². The third-order valence-corrected chi connectivity index (χ3v) is 5.07. The lowest BCUT2D eigenvalue weighted by atomic mass is 10.1. The summed E-state index contributed by atoms with van der Waals surface area (Å²) in [6.07, 6.45) is 0.367. The smallest absolute Gasteiger partial charge is 0.234 e. The molecule has 0 aliphatic rings. The average Bonchev–Trinajstić information content (AvgIpc) is 2.62. The van der Waals surface area contributed by atoms with Gasteiger partial charge < -0.3 is 5.32 Å². The quantitative estimate of drug-likeness (QED) is 0.624. The van der Waals surface area contributed by atoms with Gasteiger partial charge in [0.05, 0.1) is 18.2 Å². The van der Waals surface area contributed by atoms with Crippen LogP contribution in [0.15, 0.2) is 65.6 Å². The van der Waals surface area contributed by atoms with E-state index in [0.29, 0.717) is 17.2 Å². The van der Waals surface area contributed by atoms with Gasteiger partial charge in [-0.2, -0.15) is 5.26 Å². The van der Waals surface area contributed by atoms with E-state index in [1.165, 1.54) is 11.8 Å². The predicted octanol–water partition coefficient (Wildman–Crippen LogP) is 5.29. The Labute approximate surface area is 155 Å². The number of nitrogens with zero attached hydrogens (tertiary/aromatic N) is 1. The third kappa shape index (κ3) is 4.33. The number of nitriles is 1. The third-order valence-electron chi connectivity index (χ3n) is 3.70. The zero-order chi connectivity index (χ0) is 17.6. The van der Waals surface area contributed by atoms with Crippen molar-refractivity contribution in [3.63, 3.8) is 0 Å². The lowest BCUT2D eigenvalue weighted by Gasteiger charge is -2.09. The molecule has 0 saturated carbocycles. The summed E-state index contributed by atoms with van der Waals surface area (Å²) in [6, 6.07) is 21.1. The topological polar surface area (TPSA) is 52.9 Å². The van der Waals surface area contributed by atoms with Crippen LogP contribution in [0.5, 0.6) is 0 Å². The number of nitrogens with one attached hydrogen (secondary N) is 1. The van der Waals surface area contributed by atoms with Crippen LogP contribution in [-0.4, -0.2) is 11.7 Å². The van der Waals surface area contributed by atoms with Gasteiger partial charge in [-0.1, -0.05) is 48.0 Å². The number of carbonyl (C=O) groups is 1. The van der Waals surface area contributed by atoms with E-state index < -0.39 is 0 Å². The second kappa shape index (κ2) is 8.06. The number of thioether (sulfide) groups is 1. The minimum Gasteiger partial charge on any atom is -0.325 e. The molecule has 0 aromatic heterocycles. The number of carbonyl (C=O) groups excluding carboxylic acids is 1. The van der Waals surface area contributed by atoms with Crippen LogP contribution in [0.25, 0.3) is 10.8 Å². The van der Waals surface area contributed by atoms with Crippen molar-refractivity contribution in [1.82, 2.24) is 0 Å². The highest BCUT2D eigenvalue weighted by molar-refractivity contribution is 8.00. The molecule has 0 aliphatic heterocycles. The van der Waals surface area contributed by atoms with E-state index in [0.717, 1.165) is 26.9 Å². The molecule has 0 aliphatic carbocycles. The second-order valence-electron chi connectivity index (χ2n) is 5.46. The molecule has 1 N–H and O–H groups in total. The van der Waals surface area contributed by atoms with Crippen molar-refractivity contribution in [3.8, 4) is 6.07 Å². The minimum atomic E-state index is -0.0814. The first kappa shape index (κ1) is 17.3. The van der Waals surface area contributed by atoms with E-state index in [-0.39, 0.29) is 5.91 Å². The summed E-state index contributed by atoms with van der Waals surface area (Å²) in [5, 5.41) is 14.3. The molecule has 0 fully saturated rings. The lowest BCUT2D eigenvalue weighted by molar-refractivity contribution is -0.113. The molecule has 0 heterocycles. The number of hydrogen-bond donors (Lipinski definition) is 1. The molecule has 3 rings (SSSR count). The van der Waals surface area contributed by atoms with Gasteiger partial charge in [0.25, 0.3) is 0 Å². The molecule has 0 saturated heterocycles. The fraction of sp³-hybridized carbons (Fsp3) is 0.100. The molecule has 124 valence electrons. The van der Waals surface area contributed by atoms with E-state index >= 15 is 0 Å². The van der Waals surface area contributed by atoms with Crippen molar-refractivity contribution >= 4 is 45.7 Å². The van der Waals surface area contributed by atoms with Gasteiger partial charge in [0.2, 0.25) is 5.91 Å². The fourth-order valence-corrected chi connectivity index (χ4v) is 3.77. The maximum atomic E-state index is 12.2. The lowest BCUT2D eigenvalue weighted by Crippen LogP contribution is -2.13. The molecular formula is C20H15ClN2OS. The van der Waals surface area contributed by atoms with E-state index in [4.69, 9.17) is 16.9 Å². The molecule has 0 radical (unpaired) electrons. The molecule has 3 nitrogen and oxygen atoms in total. The number of anilines is 1. The summed E-state index contributed by atoms with van der Waals surface area (Å²) < 4.78 is 0. The van der Waals surface area contributed by atoms with Crippen molar-refractivity contribution in [2.45, 2.75) is 11.3 Å². The maximum Gasteiger partial charge on any atom is 0.234 e. The monoisotopic (exact) mass is 366 g/mol. The predicted molar refractivity (Wildman–Crippen MR) is 104 cm³/mol. The zero-order valence-electron chi connectivity index (χ0n) is 13.3. The van der Waals surface area contributed by atoms with Gasteiger partial charge in [-0.25, -0.2) is 0 Å². The van der Waals surface area contributed by atoms with Crippen LogP contribution < -0.4 is 5.32 Å². The van der Waals surface area contributed by atoms with Crippen LogP contribution in [0.2, 0.25) is 5.02 Å². The number of benzene rings is 3. The van der Waals surface area contributed by atoms with Gasteiger partial charge in [0, 0.05) is 21.0 Å². The number of halogens is 1. The Morgan fingerprint density at radius 2 is 1.80 bits per heavy atom. The Kier molecular flexibility index (Phi) is 5.60. The highest BCUT2D eigenvalue weighted by atomic mass is 35.5. The van der Waals surface area contributed by atoms with Crippen LogP contribution in [0.4, 0.5) is 5.69 Å². The molecule has 0 atom stereocenters. The van der Waals surface area contributed by atoms with Crippen LogP contribution in [0.1, 0.15) is 5.56 Å². The first-order valence-electron chi connectivity index (χ1n) is 7.73. The summed E-state index contributed by atoms with van der Waals surface area (Å²) in [5.41, 5.74) is 1.66. The average molecular weight is 367 g/mol. The van der Waals surface area contributed by atoms with Crippen LogP contribution >= 0.6 is 23.4 Å². The van der Waals surface area contributed by atoms with Crippen LogP contribution in [-0.2, 0) is 11.2 Å². The summed E-state index contributed by atoms with van der Waals surface area (Å²) in [7, 11) is 0. The van der Waals surface area contributed by atoms with E-state index in [9.17, 15) is 4.79 Å². The Morgan fingerprint density at radius 3 is 2.52 bits per heavy atom. The zero-order valence-corrected chi connectivity index (χ0v) is 14.9. The van der Waals surface area contributed by atoms with Gasteiger partial charge in [-0.05, 0) is 35.2 Å². The maximum absolute atomic E-state index is 12.2. The van der Waals surface area contributed by atoms with Gasteiger partial charge in [-0.15, -0.1) is 11.8 Å². The van der Waals surface area contributed by atoms with Crippen molar-refractivity contribution in [1.29, 1.82) is 5.26 Å². The first-order valence-corrected chi connectivity index (χ1v) is 9.09. The Morgan fingerprint density at radius 1 is 1.08 bits per heavy atom. The van der Waals surface area contributed by atoms with E-state index in [1.807, 2.05) is 60.7 Å². The summed E-state index contributed by atoms with van der Waals surface area (Å²) >= 11 is 7.77. The Balaban J connectivity index is 1.66. The summed E-state index contributed by atoms with van der Waals surface area (Å²) in [5.74, 6) is 0.215. The normalized spacial score (nSPS) is 10.4. The molecular weight excluding hydrogens is 352 g/mol. The van der Waals surface area contributed by atoms with Crippen molar-refractivity contribution in [3.05, 3.63) is 71.2 Å². The second-order valence-corrected chi connectivity index (χ2v) is 6.89. The van der Waals surface area contributed by atoms with Crippen LogP contribution in [0, 0.1) is 11.3 Å². The largest absolute Gasteiger partial charge is 0.325 e. The Bertz CT molecular complexity index is 943. The van der Waals surface area contributed by atoms with Crippen molar-refractivity contribution in [2.24, 2.45) is 0 Å². The van der Waals surface area contributed by atoms with Gasteiger partial charge in [0.1, 0.15) is 0 Å². The molecule has 3 aromatic rings. The summed E-state index contributed by atoms with van der Waals surface area (Å²) in [6.45, 7) is 0. The van der Waals surface area contributed by atoms with Crippen molar-refractivity contribution < 1.29 is 4.79 Å². The highest BCUT2D eigenvalue weighted by Gasteiger charge is 2.08. The molecule has 25 heavy (non-hydrogen) atoms. The van der Waals surface area contributed by atoms with Gasteiger partial charge in [0.15, 0.2) is 0 Å². The summed E-state index contributed by atoms with van der Waals surface area (Å²) in [4.78, 5) is 13.2. The van der Waals surface area contributed by atoms with E-state index in [2.05, 4.69) is 11.4 Å². The molecule has 1 amide bonds. The fourth-order valence-electron chi connectivity index (χ4n) is 2.52. The molecule has 5 heteroatoms. The van der Waals surface area contributed by atoms with E-state index in [1.54, 1.807) is 0 Å². The number of hydrogen-bond acceptors (Lipinski definition) is 3. The molecule has 0 spiro atoms. The molecule has 3 aromatic carbocycles. The standard InChI is InChI=1S/C20H15ClN2OS/c21-17-5-1-3-15-4-2-6-18(20(15)17)25-13-19(24)23-16-9-7-14(8-10-16)11-12-22/h1-10H,11,13H2,(H,23,24). The Hall–Kier alpha value is -2.48. The van der Waals surface area contributed by atoms with Crippen LogP contribution in [0.3, 0.4) is 0 Å². The highest BCUT2D eigenvalue weighted by Crippen LogP contribution is 2.33. The van der Waals surface area contributed by atoms with Gasteiger partial charge in [-0.3, -0.25) is 4.79 Å². The molecule has 0 unspecified atom stereocenters. The minimum absolute atomic E-state index is 0.0814. The number of amides is 1. The number of fused-ring (bicyclic) bond motifs is 1. The SMILES string of the molecule is N#CCc1ccc(NC(=O)CSc2cccc3cccc(Cl)c23)cc1. The van der Waals surface area contributed by atoms with Crippen molar-refractivity contribution in [2.75, 3.05) is 11.1 Å². The molecule has 0 bridgehead atoms. The first-order chi connectivity index (χ1) is 12.2. The number of rotatable bonds is 5.